The molecule has 0 saturated carbocycles. The Kier molecular flexibility index (Phi) is 18.3. The third-order valence-corrected chi connectivity index (χ3v) is 2.57. The van der Waals surface area contributed by atoms with E-state index >= 15 is 0 Å². The molecule has 1 amide bonds. The van der Waals surface area contributed by atoms with Crippen LogP contribution in [-0.2, 0) is 22.2 Å². The van der Waals surface area contributed by atoms with Crippen molar-refractivity contribution in [3.8, 4) is 0 Å². The first kappa shape index (κ1) is 22.6. The summed E-state index contributed by atoms with van der Waals surface area (Å²) < 4.78 is 0.415. The molecular formula is C7H9N2Na2O3SSe. The summed E-state index contributed by atoms with van der Waals surface area (Å²) in [5.41, 5.74) is 4.88. The van der Waals surface area contributed by atoms with Gasteiger partial charge >= 0.3 is 154 Å². The maximum absolute atomic E-state index is 10.5. The second-order valence-electron chi connectivity index (χ2n) is 2.51. The molecule has 0 aliphatic carbocycles. The van der Waals surface area contributed by atoms with Crippen molar-refractivity contribution in [1.29, 1.82) is 0 Å². The first-order chi connectivity index (χ1) is 6.47. The zero-order chi connectivity index (χ0) is 11.1. The van der Waals surface area contributed by atoms with Gasteiger partial charge in [0.25, 0.3) is 0 Å². The normalized spacial score (nSPS) is 11.9. The van der Waals surface area contributed by atoms with Gasteiger partial charge in [-0.25, -0.2) is 0 Å². The molecule has 79 valence electrons. The number of carboxylic acids is 1. The van der Waals surface area contributed by atoms with Crippen LogP contribution in [-0.4, -0.2) is 44.3 Å². The molecule has 0 fully saturated rings. The van der Waals surface area contributed by atoms with Crippen LogP contribution in [0.25, 0.3) is 0 Å². The zero-order valence-corrected chi connectivity index (χ0v) is 15.8. The van der Waals surface area contributed by atoms with E-state index in [9.17, 15) is 14.7 Å². The van der Waals surface area contributed by atoms with Gasteiger partial charge in [0.15, 0.2) is 0 Å². The summed E-state index contributed by atoms with van der Waals surface area (Å²) in [4.78, 5) is 24.7. The number of carbonyl (C=O) groups is 2. The van der Waals surface area contributed by atoms with Crippen LogP contribution in [0.1, 0.15) is 12.8 Å². The van der Waals surface area contributed by atoms with E-state index in [2.05, 4.69) is 33.6 Å². The molecule has 0 rings (SSSR count). The monoisotopic (exact) mass is 327 g/mol. The quantitative estimate of drug-likeness (QED) is 0.298. The fourth-order valence-corrected chi connectivity index (χ4v) is 1.07. The van der Waals surface area contributed by atoms with Crippen molar-refractivity contribution in [1.82, 2.24) is 0 Å². The Morgan fingerprint density at radius 3 is 2.25 bits per heavy atom. The van der Waals surface area contributed by atoms with Gasteiger partial charge in [0, 0.05) is 0 Å². The van der Waals surface area contributed by atoms with Gasteiger partial charge in [-0.2, -0.15) is 0 Å². The minimum Gasteiger partial charge on any atom is 1.00 e. The zero-order valence-electron chi connectivity index (χ0n) is 9.26. The number of nitrogens with zero attached hydrogens (tertiary/aromatic N) is 1. The van der Waals surface area contributed by atoms with E-state index in [1.807, 2.05) is 0 Å². The third-order valence-electron chi connectivity index (χ3n) is 1.36. The molecule has 0 spiro atoms. The van der Waals surface area contributed by atoms with E-state index < -0.39 is 17.9 Å². The Morgan fingerprint density at radius 1 is 1.44 bits per heavy atom. The van der Waals surface area contributed by atoms with Crippen LogP contribution in [0.4, 0.5) is 0 Å². The van der Waals surface area contributed by atoms with Crippen LogP contribution in [0.15, 0.2) is 4.99 Å². The van der Waals surface area contributed by atoms with Gasteiger partial charge in [-0.05, 0) is 0 Å². The molecule has 0 unspecified atom stereocenters. The Balaban J connectivity index is -0.000000845. The van der Waals surface area contributed by atoms with Crippen LogP contribution in [0.2, 0.25) is 0 Å². The SMILES string of the molecule is NC(=O)CC[C@H](N=C([Se])C[S-])C(=O)[O-].[Na+].[Na+]. The van der Waals surface area contributed by atoms with Crippen LogP contribution >= 0.6 is 0 Å². The minimum absolute atomic E-state index is 0. The molecule has 0 heterocycles. The second-order valence-corrected chi connectivity index (χ2v) is 3.78. The molecular weight excluding hydrogens is 317 g/mol. The summed E-state index contributed by atoms with van der Waals surface area (Å²) in [6, 6.07) is -1.05. The number of rotatable bonds is 6. The van der Waals surface area contributed by atoms with E-state index in [0.717, 1.165) is 0 Å². The van der Waals surface area contributed by atoms with Crippen molar-refractivity contribution in [2.45, 2.75) is 18.9 Å². The number of carboxylic acid groups (broad SMARTS) is 1. The van der Waals surface area contributed by atoms with Crippen molar-refractivity contribution in [2.75, 3.05) is 5.75 Å². The van der Waals surface area contributed by atoms with Crippen molar-refractivity contribution >= 4 is 45.1 Å². The van der Waals surface area contributed by atoms with Gasteiger partial charge in [-0.3, -0.25) is 0 Å². The predicted molar refractivity (Wildman–Crippen MR) is 52.6 cm³/mol. The van der Waals surface area contributed by atoms with Gasteiger partial charge in [0.05, 0.1) is 0 Å². The summed E-state index contributed by atoms with van der Waals surface area (Å²) in [6.45, 7) is 0. The van der Waals surface area contributed by atoms with Crippen LogP contribution in [0, 0.1) is 0 Å². The molecule has 1 atom stereocenters. The Morgan fingerprint density at radius 2 is 1.94 bits per heavy atom. The topological polar surface area (TPSA) is 95.6 Å². The summed E-state index contributed by atoms with van der Waals surface area (Å²) in [7, 11) is 0. The maximum Gasteiger partial charge on any atom is 1.00 e. The molecule has 0 aromatic rings. The van der Waals surface area contributed by atoms with E-state index in [4.69, 9.17) is 5.73 Å². The molecule has 0 bridgehead atoms. The predicted octanol–water partition coefficient (Wildman–Crippen LogP) is -8.51. The van der Waals surface area contributed by atoms with E-state index in [1.54, 1.807) is 0 Å². The first-order valence-corrected chi connectivity index (χ1v) is 5.21. The number of carbonyl (C=O) groups excluding carboxylic acids is 2. The second kappa shape index (κ2) is 12.9. The van der Waals surface area contributed by atoms with Gasteiger partial charge in [-0.1, -0.05) is 0 Å². The minimum atomic E-state index is -1.33. The number of hydrogen-bond donors (Lipinski definition) is 1. The van der Waals surface area contributed by atoms with Crippen molar-refractivity contribution in [3.63, 3.8) is 0 Å². The molecule has 0 aliphatic heterocycles. The Hall–Kier alpha value is 1.48. The fraction of sp³-hybridized carbons (Fsp3) is 0.571. The third kappa shape index (κ3) is 12.0. The maximum atomic E-state index is 10.5. The van der Waals surface area contributed by atoms with Crippen LogP contribution in [0.3, 0.4) is 0 Å². The first-order valence-electron chi connectivity index (χ1n) is 3.78. The van der Waals surface area contributed by atoms with E-state index in [1.165, 1.54) is 0 Å². The molecule has 5 nitrogen and oxygen atoms in total. The summed E-state index contributed by atoms with van der Waals surface area (Å²) in [5.74, 6) is -1.69. The molecule has 0 saturated heterocycles. The number of hydrogen-bond acceptors (Lipinski definition) is 5. The van der Waals surface area contributed by atoms with Crippen LogP contribution < -0.4 is 70.0 Å². The Labute approximate surface area is 152 Å². The van der Waals surface area contributed by atoms with Crippen molar-refractivity contribution in [2.24, 2.45) is 10.7 Å². The van der Waals surface area contributed by atoms with Crippen LogP contribution in [0.5, 0.6) is 0 Å². The molecule has 0 aromatic carbocycles. The molecule has 0 aliphatic rings. The number of nitrogens with two attached hydrogens (primary N) is 1. The largest absolute Gasteiger partial charge is 1.00 e. The smallest absolute Gasteiger partial charge is 1.00 e. The average Bonchev–Trinajstić information content (AvgIpc) is 2.10. The van der Waals surface area contributed by atoms with Gasteiger partial charge < -0.3 is 0 Å². The van der Waals surface area contributed by atoms with Gasteiger partial charge in [0.2, 0.25) is 0 Å². The molecule has 9 heteroatoms. The summed E-state index contributed by atoms with van der Waals surface area (Å²) >= 11 is 7.19. The summed E-state index contributed by atoms with van der Waals surface area (Å²) in [5, 5.41) is 10.5. The van der Waals surface area contributed by atoms with E-state index in [0.29, 0.717) is 4.61 Å². The van der Waals surface area contributed by atoms with Gasteiger partial charge in [-0.15, -0.1) is 0 Å². The van der Waals surface area contributed by atoms with E-state index in [-0.39, 0.29) is 77.7 Å². The van der Waals surface area contributed by atoms with Crippen molar-refractivity contribution < 1.29 is 73.8 Å². The molecule has 16 heavy (non-hydrogen) atoms. The number of aliphatic carboxylic acids is 1. The van der Waals surface area contributed by atoms with Crippen molar-refractivity contribution in [3.05, 3.63) is 0 Å². The molecule has 2 N–H and O–H groups in total. The Bertz CT molecular complexity index is 266. The van der Waals surface area contributed by atoms with Gasteiger partial charge in [0.1, 0.15) is 0 Å². The number of aliphatic imine (C=N–C) groups is 1. The number of primary amides is 1. The molecule has 0 aromatic heterocycles. The fourth-order valence-electron chi connectivity index (χ4n) is 0.725. The summed E-state index contributed by atoms with van der Waals surface area (Å²) in [6.07, 6.45) is 0.00500. The molecule has 1 radical (unpaired) electrons. The number of amides is 1. The average molecular weight is 326 g/mol. The standard InChI is InChI=1S/C7H11N2O3SSe.2Na/c8-5(10)2-1-4(7(11)12)9-6(14)3-13;;/h4,13H,1-3H2,(H2,8,10)(H,11,12);;/q;2*+1/p-2/t4-;;/m0../s1.